The van der Waals surface area contributed by atoms with Gasteiger partial charge in [-0.15, -0.1) is 0 Å². The maximum Gasteiger partial charge on any atom is 0.269 e. The third kappa shape index (κ3) is 4.73. The molecule has 0 aliphatic heterocycles. The van der Waals surface area contributed by atoms with E-state index in [-0.39, 0.29) is 5.91 Å². The minimum atomic E-state index is -0.188. The third-order valence-electron chi connectivity index (χ3n) is 3.81. The highest BCUT2D eigenvalue weighted by Gasteiger charge is 2.11. The summed E-state index contributed by atoms with van der Waals surface area (Å²) in [6.07, 6.45) is 0.976. The van der Waals surface area contributed by atoms with Gasteiger partial charge in [0.15, 0.2) is 0 Å². The Bertz CT molecular complexity index is 858. The maximum atomic E-state index is 12.3. The molecule has 0 bridgehead atoms. The van der Waals surface area contributed by atoms with Crippen LogP contribution < -0.4 is 10.1 Å². The molecule has 1 heterocycles. The number of H-pyrrole nitrogens is 1. The first-order valence-electron chi connectivity index (χ1n) is 8.47. The number of aromatic amines is 1. The van der Waals surface area contributed by atoms with Gasteiger partial charge >= 0.3 is 0 Å². The number of ether oxygens (including phenoxy) is 1. The fourth-order valence-electron chi connectivity index (χ4n) is 2.41. The van der Waals surface area contributed by atoms with Crippen LogP contribution in [0.25, 0.3) is 11.3 Å². The zero-order valence-corrected chi connectivity index (χ0v) is 16.0. The highest BCUT2D eigenvalue weighted by atomic mass is 79.9. The predicted octanol–water partition coefficient (Wildman–Crippen LogP) is 4.56. The van der Waals surface area contributed by atoms with Gasteiger partial charge in [0, 0.05) is 16.6 Å². The van der Waals surface area contributed by atoms with Crippen LogP contribution in [0.15, 0.2) is 59.1 Å². The van der Waals surface area contributed by atoms with E-state index in [4.69, 9.17) is 4.74 Å². The van der Waals surface area contributed by atoms with Crippen LogP contribution >= 0.6 is 15.9 Å². The van der Waals surface area contributed by atoms with Crippen molar-refractivity contribution < 1.29 is 9.53 Å². The first kappa shape index (κ1) is 18.2. The molecule has 2 N–H and O–H groups in total. The van der Waals surface area contributed by atoms with Gasteiger partial charge in [0.2, 0.25) is 0 Å². The first-order valence-corrected chi connectivity index (χ1v) is 9.26. The van der Waals surface area contributed by atoms with Crippen molar-refractivity contribution in [1.82, 2.24) is 15.5 Å². The van der Waals surface area contributed by atoms with Crippen LogP contribution in [0.4, 0.5) is 0 Å². The quantitative estimate of drug-likeness (QED) is 0.596. The van der Waals surface area contributed by atoms with Crippen LogP contribution in [0.1, 0.15) is 29.4 Å². The Labute approximate surface area is 160 Å². The smallest absolute Gasteiger partial charge is 0.269 e. The molecule has 134 valence electrons. The van der Waals surface area contributed by atoms with Gasteiger partial charge in [0.25, 0.3) is 5.91 Å². The predicted molar refractivity (Wildman–Crippen MR) is 105 cm³/mol. The van der Waals surface area contributed by atoms with Crippen molar-refractivity contribution >= 4 is 21.8 Å². The van der Waals surface area contributed by atoms with E-state index in [1.54, 1.807) is 6.07 Å². The monoisotopic (exact) mass is 413 g/mol. The number of hydrogen-bond donors (Lipinski definition) is 2. The van der Waals surface area contributed by atoms with Gasteiger partial charge in [-0.05, 0) is 42.3 Å². The molecule has 0 aliphatic rings. The SMILES string of the molecule is CCCOc1ccc(CNC(=O)c2cc(-c3ccc(Br)cc3)n[nH]2)cc1. The second-order valence-corrected chi connectivity index (χ2v) is 6.76. The molecule has 6 heteroatoms. The van der Waals surface area contributed by atoms with E-state index in [0.29, 0.717) is 18.8 Å². The van der Waals surface area contributed by atoms with E-state index in [2.05, 4.69) is 38.4 Å². The second kappa shape index (κ2) is 8.67. The summed E-state index contributed by atoms with van der Waals surface area (Å²) in [6.45, 7) is 3.22. The zero-order chi connectivity index (χ0) is 18.4. The Morgan fingerprint density at radius 2 is 1.88 bits per heavy atom. The highest BCUT2D eigenvalue weighted by molar-refractivity contribution is 9.10. The lowest BCUT2D eigenvalue weighted by atomic mass is 10.1. The molecule has 2 aromatic carbocycles. The summed E-state index contributed by atoms with van der Waals surface area (Å²) in [5, 5.41) is 9.90. The van der Waals surface area contributed by atoms with E-state index < -0.39 is 0 Å². The normalized spacial score (nSPS) is 10.5. The zero-order valence-electron chi connectivity index (χ0n) is 14.5. The third-order valence-corrected chi connectivity index (χ3v) is 4.34. The summed E-state index contributed by atoms with van der Waals surface area (Å²) in [5.74, 6) is 0.654. The molecule has 26 heavy (non-hydrogen) atoms. The van der Waals surface area contributed by atoms with E-state index in [0.717, 1.165) is 33.5 Å². The summed E-state index contributed by atoms with van der Waals surface area (Å²) >= 11 is 3.41. The summed E-state index contributed by atoms with van der Waals surface area (Å²) < 4.78 is 6.55. The highest BCUT2D eigenvalue weighted by Crippen LogP contribution is 2.20. The van der Waals surface area contributed by atoms with Crippen LogP contribution in [0.3, 0.4) is 0 Å². The number of nitrogens with one attached hydrogen (secondary N) is 2. The molecule has 0 saturated carbocycles. The molecule has 0 fully saturated rings. The standard InChI is InChI=1S/C20H20BrN3O2/c1-2-11-26-17-9-3-14(4-10-17)13-22-20(25)19-12-18(23-24-19)15-5-7-16(21)8-6-15/h3-10,12H,2,11,13H2,1H3,(H,22,25)(H,23,24). The molecule has 0 spiro atoms. The number of nitrogens with zero attached hydrogens (tertiary/aromatic N) is 1. The van der Waals surface area contributed by atoms with Crippen molar-refractivity contribution in [1.29, 1.82) is 0 Å². The van der Waals surface area contributed by atoms with Gasteiger partial charge in [-0.2, -0.15) is 5.10 Å². The van der Waals surface area contributed by atoms with Gasteiger partial charge in [-0.1, -0.05) is 47.1 Å². The Balaban J connectivity index is 1.57. The molecule has 3 rings (SSSR count). The van der Waals surface area contributed by atoms with Gasteiger partial charge in [-0.3, -0.25) is 9.89 Å². The van der Waals surface area contributed by atoms with Crippen molar-refractivity contribution in [3.63, 3.8) is 0 Å². The molecular weight excluding hydrogens is 394 g/mol. The number of carbonyl (C=O) groups excluding carboxylic acids is 1. The number of halogens is 1. The van der Waals surface area contributed by atoms with Crippen LogP contribution in [0.2, 0.25) is 0 Å². The average molecular weight is 414 g/mol. The van der Waals surface area contributed by atoms with Crippen molar-refractivity contribution in [3.05, 3.63) is 70.3 Å². The summed E-state index contributed by atoms with van der Waals surface area (Å²) in [6, 6.07) is 17.3. The Morgan fingerprint density at radius 3 is 2.58 bits per heavy atom. The van der Waals surface area contributed by atoms with Crippen LogP contribution in [-0.2, 0) is 6.54 Å². The molecule has 0 radical (unpaired) electrons. The van der Waals surface area contributed by atoms with Crippen LogP contribution in [-0.4, -0.2) is 22.7 Å². The molecule has 3 aromatic rings. The van der Waals surface area contributed by atoms with Crippen LogP contribution in [0.5, 0.6) is 5.75 Å². The largest absolute Gasteiger partial charge is 0.494 e. The molecule has 0 aliphatic carbocycles. The lowest BCUT2D eigenvalue weighted by molar-refractivity contribution is 0.0946. The Kier molecular flexibility index (Phi) is 6.07. The maximum absolute atomic E-state index is 12.3. The van der Waals surface area contributed by atoms with E-state index in [1.165, 1.54) is 0 Å². The van der Waals surface area contributed by atoms with Crippen molar-refractivity contribution in [2.45, 2.75) is 19.9 Å². The molecular formula is C20H20BrN3O2. The summed E-state index contributed by atoms with van der Waals surface area (Å²) in [7, 11) is 0. The minimum absolute atomic E-state index is 0.188. The Hall–Kier alpha value is -2.60. The number of hydrogen-bond acceptors (Lipinski definition) is 3. The summed E-state index contributed by atoms with van der Waals surface area (Å²) in [5.41, 5.74) is 3.13. The first-order chi connectivity index (χ1) is 12.7. The Morgan fingerprint density at radius 1 is 1.15 bits per heavy atom. The number of rotatable bonds is 7. The topological polar surface area (TPSA) is 67.0 Å². The fraction of sp³-hybridized carbons (Fsp3) is 0.200. The van der Waals surface area contributed by atoms with Crippen LogP contribution in [0, 0.1) is 0 Å². The van der Waals surface area contributed by atoms with Crippen molar-refractivity contribution in [2.75, 3.05) is 6.61 Å². The lowest BCUT2D eigenvalue weighted by Gasteiger charge is -2.07. The molecule has 0 saturated heterocycles. The molecule has 1 aromatic heterocycles. The van der Waals surface area contributed by atoms with E-state index in [9.17, 15) is 4.79 Å². The van der Waals surface area contributed by atoms with Gasteiger partial charge in [0.1, 0.15) is 11.4 Å². The minimum Gasteiger partial charge on any atom is -0.494 e. The molecule has 0 atom stereocenters. The average Bonchev–Trinajstić information content (AvgIpc) is 3.16. The number of aromatic nitrogens is 2. The fourth-order valence-corrected chi connectivity index (χ4v) is 2.67. The van der Waals surface area contributed by atoms with E-state index >= 15 is 0 Å². The van der Waals surface area contributed by atoms with Gasteiger partial charge < -0.3 is 10.1 Å². The number of carbonyl (C=O) groups is 1. The molecule has 0 unspecified atom stereocenters. The van der Waals surface area contributed by atoms with E-state index in [1.807, 2.05) is 48.5 Å². The van der Waals surface area contributed by atoms with Gasteiger partial charge in [-0.25, -0.2) is 0 Å². The molecule has 5 nitrogen and oxygen atoms in total. The lowest BCUT2D eigenvalue weighted by Crippen LogP contribution is -2.23. The van der Waals surface area contributed by atoms with Gasteiger partial charge in [0.05, 0.1) is 12.3 Å². The number of amides is 1. The number of benzene rings is 2. The summed E-state index contributed by atoms with van der Waals surface area (Å²) in [4.78, 5) is 12.3. The molecule has 1 amide bonds. The second-order valence-electron chi connectivity index (χ2n) is 5.85. The van der Waals surface area contributed by atoms with Crippen molar-refractivity contribution in [3.8, 4) is 17.0 Å². The van der Waals surface area contributed by atoms with Crippen molar-refractivity contribution in [2.24, 2.45) is 0 Å².